The third-order valence-electron chi connectivity index (χ3n) is 8.82. The first kappa shape index (κ1) is 32.5. The van der Waals surface area contributed by atoms with Gasteiger partial charge in [0, 0.05) is 32.8 Å². The lowest BCUT2D eigenvalue weighted by Crippen LogP contribution is -2.09. The summed E-state index contributed by atoms with van der Waals surface area (Å²) in [7, 11) is 0. The van der Waals surface area contributed by atoms with Crippen molar-refractivity contribution in [3.63, 3.8) is 0 Å². The van der Waals surface area contributed by atoms with Crippen molar-refractivity contribution < 1.29 is 30.7 Å². The Morgan fingerprint density at radius 1 is 0.500 bits per heavy atom. The molecule has 0 aliphatic carbocycles. The quantitative estimate of drug-likeness (QED) is 0.104. The molecule has 6 aromatic carbocycles. The second-order valence-corrected chi connectivity index (χ2v) is 11.9. The van der Waals surface area contributed by atoms with E-state index in [9.17, 15) is 17.6 Å². The summed E-state index contributed by atoms with van der Waals surface area (Å²) in [6.07, 6.45) is -4.90. The SMILES string of the molecule is N#Cc1c(F)c(F)c(-c2ccc(-c3nc4ccccc4c4c3c(C(F)(F)F)cc3nc(-c5ccccc5)c(-c5ccccc5)nc34)cc2)c(F)c1F. The number of rotatable bonds is 4. The number of aromatic nitrogens is 3. The largest absolute Gasteiger partial charge is 0.417 e. The Kier molecular flexibility index (Phi) is 7.68. The van der Waals surface area contributed by atoms with E-state index in [1.165, 1.54) is 12.1 Å². The number of halogens is 7. The van der Waals surface area contributed by atoms with Crippen molar-refractivity contribution in [1.82, 2.24) is 15.0 Å². The monoisotopic (exact) mass is 700 g/mol. The van der Waals surface area contributed by atoms with Gasteiger partial charge in [-0.3, -0.25) is 0 Å². The van der Waals surface area contributed by atoms with Gasteiger partial charge in [-0.2, -0.15) is 18.4 Å². The highest BCUT2D eigenvalue weighted by molar-refractivity contribution is 6.22. The Bertz CT molecular complexity index is 2730. The fraction of sp³-hybridized carbons (Fsp3) is 0.0244. The Hall–Kier alpha value is -6.67. The van der Waals surface area contributed by atoms with Crippen LogP contribution < -0.4 is 0 Å². The van der Waals surface area contributed by atoms with Crippen molar-refractivity contribution in [2.24, 2.45) is 0 Å². The molecule has 2 heterocycles. The number of fused-ring (bicyclic) bond motifs is 5. The summed E-state index contributed by atoms with van der Waals surface area (Å²) < 4.78 is 104. The summed E-state index contributed by atoms with van der Waals surface area (Å²) in [4.78, 5) is 14.5. The summed E-state index contributed by atoms with van der Waals surface area (Å²) >= 11 is 0. The molecule has 0 amide bonds. The van der Waals surface area contributed by atoms with E-state index < -0.39 is 46.1 Å². The van der Waals surface area contributed by atoms with Crippen LogP contribution in [0, 0.1) is 34.6 Å². The van der Waals surface area contributed by atoms with Crippen LogP contribution >= 0.6 is 0 Å². The highest BCUT2D eigenvalue weighted by Gasteiger charge is 2.36. The Morgan fingerprint density at radius 2 is 1.00 bits per heavy atom. The van der Waals surface area contributed by atoms with E-state index in [2.05, 4.69) is 4.98 Å². The first-order chi connectivity index (χ1) is 25.1. The minimum atomic E-state index is -4.90. The molecule has 0 saturated carbocycles. The number of pyridine rings is 1. The molecule has 0 bridgehead atoms. The molecule has 0 spiro atoms. The molecule has 0 radical (unpaired) electrons. The van der Waals surface area contributed by atoms with E-state index in [1.54, 1.807) is 48.5 Å². The zero-order valence-electron chi connectivity index (χ0n) is 26.4. The van der Waals surface area contributed by atoms with Gasteiger partial charge in [0.25, 0.3) is 0 Å². The summed E-state index contributed by atoms with van der Waals surface area (Å²) in [5.74, 6) is -7.30. The number of benzene rings is 6. The van der Waals surface area contributed by atoms with Crippen LogP contribution in [-0.4, -0.2) is 15.0 Å². The summed E-state index contributed by atoms with van der Waals surface area (Å²) in [5, 5.41) is 9.18. The van der Waals surface area contributed by atoms with Crippen LogP contribution in [0.2, 0.25) is 0 Å². The van der Waals surface area contributed by atoms with Crippen LogP contribution in [0.15, 0.2) is 115 Å². The topological polar surface area (TPSA) is 62.5 Å². The van der Waals surface area contributed by atoms with E-state index >= 15 is 13.2 Å². The molecular weight excluding hydrogens is 681 g/mol. The zero-order chi connectivity index (χ0) is 36.3. The van der Waals surface area contributed by atoms with Crippen LogP contribution in [0.1, 0.15) is 11.1 Å². The lowest BCUT2D eigenvalue weighted by atomic mass is 9.93. The van der Waals surface area contributed by atoms with Crippen LogP contribution in [-0.2, 0) is 6.18 Å². The molecule has 4 nitrogen and oxygen atoms in total. The number of para-hydroxylation sites is 1. The molecule has 0 unspecified atom stereocenters. The fourth-order valence-corrected chi connectivity index (χ4v) is 6.47. The molecule has 0 saturated heterocycles. The van der Waals surface area contributed by atoms with E-state index in [0.717, 1.165) is 24.3 Å². The molecule has 0 N–H and O–H groups in total. The maximum absolute atomic E-state index is 15.2. The van der Waals surface area contributed by atoms with Crippen molar-refractivity contribution >= 4 is 32.7 Å². The van der Waals surface area contributed by atoms with Crippen molar-refractivity contribution in [3.05, 3.63) is 150 Å². The Morgan fingerprint density at radius 3 is 1.58 bits per heavy atom. The summed E-state index contributed by atoms with van der Waals surface area (Å²) in [6, 6.07) is 31.5. The molecule has 8 aromatic rings. The van der Waals surface area contributed by atoms with Gasteiger partial charge in [-0.25, -0.2) is 32.5 Å². The van der Waals surface area contributed by atoms with Gasteiger partial charge in [-0.05, 0) is 17.7 Å². The van der Waals surface area contributed by atoms with Crippen molar-refractivity contribution in [2.75, 3.05) is 0 Å². The molecule has 252 valence electrons. The maximum Gasteiger partial charge on any atom is 0.417 e. The lowest BCUT2D eigenvalue weighted by molar-refractivity contribution is -0.136. The predicted octanol–water partition coefficient (Wildman–Crippen LogP) is 11.4. The molecule has 0 fully saturated rings. The highest BCUT2D eigenvalue weighted by Crippen LogP contribution is 2.46. The number of hydrogen-bond donors (Lipinski definition) is 0. The third kappa shape index (κ3) is 5.19. The summed E-state index contributed by atoms with van der Waals surface area (Å²) in [5.41, 5.74) is -1.18. The van der Waals surface area contributed by atoms with Crippen LogP contribution in [0.3, 0.4) is 0 Å². The molecule has 52 heavy (non-hydrogen) atoms. The second-order valence-electron chi connectivity index (χ2n) is 11.9. The average Bonchev–Trinajstić information content (AvgIpc) is 3.16. The lowest BCUT2D eigenvalue weighted by Gasteiger charge is -2.19. The van der Waals surface area contributed by atoms with Gasteiger partial charge in [-0.15, -0.1) is 0 Å². The van der Waals surface area contributed by atoms with E-state index in [-0.39, 0.29) is 38.6 Å². The van der Waals surface area contributed by atoms with Gasteiger partial charge in [0.2, 0.25) is 0 Å². The van der Waals surface area contributed by atoms with Crippen molar-refractivity contribution in [1.29, 1.82) is 5.26 Å². The average molecular weight is 701 g/mol. The van der Waals surface area contributed by atoms with Crippen LogP contribution in [0.4, 0.5) is 30.7 Å². The normalized spacial score (nSPS) is 11.7. The van der Waals surface area contributed by atoms with Gasteiger partial charge in [0.1, 0.15) is 11.6 Å². The van der Waals surface area contributed by atoms with Gasteiger partial charge < -0.3 is 0 Å². The standard InChI is InChI=1S/C41H19F7N4/c42-33-26(20-49)34(43)36(45)30(35(33)44)21-15-17-24(18-16-21)37-32-27(41(46,47)48)19-29-40(31(32)25-13-7-8-14-28(25)50-37)52-39(23-11-5-2-6-12-23)38(51-29)22-9-3-1-4-10-22/h1-19H. The molecule has 0 atom stereocenters. The number of nitriles is 1. The zero-order valence-corrected chi connectivity index (χ0v) is 26.4. The second kappa shape index (κ2) is 12.3. The van der Waals surface area contributed by atoms with Gasteiger partial charge in [0.15, 0.2) is 23.3 Å². The maximum atomic E-state index is 15.2. The predicted molar refractivity (Wildman–Crippen MR) is 184 cm³/mol. The van der Waals surface area contributed by atoms with E-state index in [0.29, 0.717) is 33.4 Å². The van der Waals surface area contributed by atoms with Gasteiger partial charge >= 0.3 is 6.18 Å². The highest BCUT2D eigenvalue weighted by atomic mass is 19.4. The third-order valence-corrected chi connectivity index (χ3v) is 8.82. The minimum Gasteiger partial charge on any atom is -0.247 e. The molecule has 2 aromatic heterocycles. The van der Waals surface area contributed by atoms with Gasteiger partial charge in [0.05, 0.1) is 44.8 Å². The fourth-order valence-electron chi connectivity index (χ4n) is 6.47. The molecular formula is C41H19F7N4. The van der Waals surface area contributed by atoms with E-state index in [1.807, 2.05) is 36.4 Å². The van der Waals surface area contributed by atoms with E-state index in [4.69, 9.17) is 15.2 Å². The minimum absolute atomic E-state index is 0.00757. The number of hydrogen-bond acceptors (Lipinski definition) is 4. The molecule has 0 aliphatic rings. The summed E-state index contributed by atoms with van der Waals surface area (Å²) in [6.45, 7) is 0. The molecule has 11 heteroatoms. The first-order valence-corrected chi connectivity index (χ1v) is 15.7. The Labute approximate surface area is 290 Å². The first-order valence-electron chi connectivity index (χ1n) is 15.7. The van der Waals surface area contributed by atoms with Gasteiger partial charge in [-0.1, -0.05) is 103 Å². The van der Waals surface area contributed by atoms with Crippen LogP contribution in [0.5, 0.6) is 0 Å². The van der Waals surface area contributed by atoms with Crippen LogP contribution in [0.25, 0.3) is 77.6 Å². The van der Waals surface area contributed by atoms with Crippen molar-refractivity contribution in [3.8, 4) is 51.0 Å². The molecule has 0 aliphatic heterocycles. The number of alkyl halides is 3. The Balaban J connectivity index is 1.46. The number of nitrogens with zero attached hydrogens (tertiary/aromatic N) is 4. The van der Waals surface area contributed by atoms with Crippen molar-refractivity contribution in [2.45, 2.75) is 6.18 Å². The smallest absolute Gasteiger partial charge is 0.247 e. The molecule has 8 rings (SSSR count).